The fourth-order valence-corrected chi connectivity index (χ4v) is 5.29. The van der Waals surface area contributed by atoms with Crippen molar-refractivity contribution in [2.24, 2.45) is 0 Å². The number of aryl methyl sites for hydroxylation is 3. The Kier molecular flexibility index (Phi) is 6.20. The van der Waals surface area contributed by atoms with E-state index in [4.69, 9.17) is 0 Å². The Morgan fingerprint density at radius 1 is 0.893 bits per heavy atom. The summed E-state index contributed by atoms with van der Waals surface area (Å²) in [4.78, 5) is 12.9. The van der Waals surface area contributed by atoms with Crippen LogP contribution >= 0.6 is 0 Å². The first kappa shape index (κ1) is 20.6. The third-order valence-corrected chi connectivity index (χ3v) is 7.15. The molecule has 28 heavy (non-hydrogen) atoms. The average Bonchev–Trinajstić information content (AvgIpc) is 2.94. The number of carbonyl (C=O) groups is 1. The van der Waals surface area contributed by atoms with Crippen LogP contribution in [0.2, 0.25) is 0 Å². The van der Waals surface area contributed by atoms with E-state index in [9.17, 15) is 13.2 Å². The number of nitrogens with zero attached hydrogens (tertiary/aromatic N) is 1. The first-order chi connectivity index (χ1) is 13.3. The summed E-state index contributed by atoms with van der Waals surface area (Å²) in [5.74, 6) is -0.242. The molecule has 3 rings (SSSR count). The maximum absolute atomic E-state index is 12.9. The minimum atomic E-state index is -3.50. The number of sulfonamides is 1. The highest BCUT2D eigenvalue weighted by atomic mass is 32.2. The summed E-state index contributed by atoms with van der Waals surface area (Å²) < 4.78 is 27.3. The second-order valence-electron chi connectivity index (χ2n) is 7.57. The van der Waals surface area contributed by atoms with Gasteiger partial charge in [-0.25, -0.2) is 8.42 Å². The molecule has 6 heteroatoms. The molecule has 2 aromatic rings. The summed E-state index contributed by atoms with van der Waals surface area (Å²) in [5.41, 5.74) is 4.40. The predicted molar refractivity (Wildman–Crippen MR) is 112 cm³/mol. The number of carbonyl (C=O) groups excluding carboxylic acids is 1. The van der Waals surface area contributed by atoms with Gasteiger partial charge in [-0.1, -0.05) is 30.5 Å². The maximum Gasteiger partial charge on any atom is 0.255 e. The van der Waals surface area contributed by atoms with Gasteiger partial charge in [-0.05, 0) is 69.0 Å². The van der Waals surface area contributed by atoms with Gasteiger partial charge in [0.25, 0.3) is 5.91 Å². The van der Waals surface area contributed by atoms with Crippen LogP contribution in [0.1, 0.15) is 52.7 Å². The minimum Gasteiger partial charge on any atom is -0.322 e. The lowest BCUT2D eigenvalue weighted by atomic mass is 10.0. The third-order valence-electron chi connectivity index (χ3n) is 5.23. The summed E-state index contributed by atoms with van der Waals surface area (Å²) in [5, 5.41) is 2.95. The monoisotopic (exact) mass is 400 g/mol. The van der Waals surface area contributed by atoms with E-state index >= 15 is 0 Å². The number of anilines is 1. The number of nitrogens with one attached hydrogen (secondary N) is 1. The van der Waals surface area contributed by atoms with Gasteiger partial charge in [-0.2, -0.15) is 4.31 Å². The Labute approximate surface area is 167 Å². The molecule has 1 saturated heterocycles. The largest absolute Gasteiger partial charge is 0.322 e. The van der Waals surface area contributed by atoms with E-state index in [1.807, 2.05) is 32.9 Å². The van der Waals surface area contributed by atoms with Crippen LogP contribution in [0, 0.1) is 20.8 Å². The zero-order chi connectivity index (χ0) is 20.3. The van der Waals surface area contributed by atoms with Gasteiger partial charge in [0.05, 0.1) is 4.90 Å². The van der Waals surface area contributed by atoms with Crippen molar-refractivity contribution in [3.8, 4) is 0 Å². The molecule has 0 unspecified atom stereocenters. The van der Waals surface area contributed by atoms with Crippen LogP contribution in [0.15, 0.2) is 41.3 Å². The Morgan fingerprint density at radius 2 is 1.43 bits per heavy atom. The van der Waals surface area contributed by atoms with Gasteiger partial charge in [-0.15, -0.1) is 0 Å². The first-order valence-electron chi connectivity index (χ1n) is 9.78. The van der Waals surface area contributed by atoms with Crippen LogP contribution in [0.25, 0.3) is 0 Å². The van der Waals surface area contributed by atoms with E-state index in [1.165, 1.54) is 12.1 Å². The van der Waals surface area contributed by atoms with Crippen molar-refractivity contribution in [2.45, 2.75) is 51.3 Å². The van der Waals surface area contributed by atoms with Crippen LogP contribution in [0.3, 0.4) is 0 Å². The van der Waals surface area contributed by atoms with E-state index in [1.54, 1.807) is 16.4 Å². The molecular formula is C22H28N2O3S. The van der Waals surface area contributed by atoms with E-state index in [-0.39, 0.29) is 10.8 Å². The predicted octanol–water partition coefficient (Wildman–Crippen LogP) is 4.43. The summed E-state index contributed by atoms with van der Waals surface area (Å²) >= 11 is 0. The number of hydrogen-bond donors (Lipinski definition) is 1. The molecule has 0 atom stereocenters. The lowest BCUT2D eigenvalue weighted by Crippen LogP contribution is -2.31. The molecule has 0 aliphatic carbocycles. The molecule has 1 aliphatic heterocycles. The van der Waals surface area contributed by atoms with Crippen LogP contribution in [-0.2, 0) is 10.0 Å². The molecule has 0 spiro atoms. The second-order valence-corrected chi connectivity index (χ2v) is 9.51. The van der Waals surface area contributed by atoms with Crippen molar-refractivity contribution < 1.29 is 13.2 Å². The van der Waals surface area contributed by atoms with Crippen LogP contribution in [0.4, 0.5) is 5.69 Å². The van der Waals surface area contributed by atoms with Crippen LogP contribution < -0.4 is 5.32 Å². The Balaban J connectivity index is 1.78. The maximum atomic E-state index is 12.9. The van der Waals surface area contributed by atoms with E-state index in [0.717, 1.165) is 48.1 Å². The van der Waals surface area contributed by atoms with Gasteiger partial charge in [0.1, 0.15) is 0 Å². The molecular weight excluding hydrogens is 372 g/mol. The highest BCUT2D eigenvalue weighted by Gasteiger charge is 2.25. The quantitative estimate of drug-likeness (QED) is 0.826. The summed E-state index contributed by atoms with van der Waals surface area (Å²) in [6, 6.07) is 10.3. The van der Waals surface area contributed by atoms with Crippen molar-refractivity contribution in [2.75, 3.05) is 18.4 Å². The highest BCUT2D eigenvalue weighted by molar-refractivity contribution is 7.89. The lowest BCUT2D eigenvalue weighted by Gasteiger charge is -2.20. The molecule has 0 saturated carbocycles. The smallest absolute Gasteiger partial charge is 0.255 e. The fourth-order valence-electron chi connectivity index (χ4n) is 3.77. The summed E-state index contributed by atoms with van der Waals surface area (Å²) in [6.45, 7) is 7.08. The van der Waals surface area contributed by atoms with Crippen molar-refractivity contribution in [3.63, 3.8) is 0 Å². The molecule has 0 radical (unpaired) electrons. The standard InChI is InChI=1S/C22H28N2O3S/c1-16-14-17(2)21(18(3)15-16)23-22(25)19-8-10-20(11-9-19)28(26,27)24-12-6-4-5-7-13-24/h8-11,14-15H,4-7,12-13H2,1-3H3,(H,23,25). The Morgan fingerprint density at radius 3 is 1.96 bits per heavy atom. The molecule has 1 N–H and O–H groups in total. The molecule has 1 aliphatic rings. The van der Waals surface area contributed by atoms with Crippen molar-refractivity contribution in [3.05, 3.63) is 58.7 Å². The van der Waals surface area contributed by atoms with Gasteiger partial charge in [0.2, 0.25) is 10.0 Å². The zero-order valence-corrected chi connectivity index (χ0v) is 17.6. The lowest BCUT2D eigenvalue weighted by molar-refractivity contribution is 0.102. The van der Waals surface area contributed by atoms with Gasteiger partial charge in [0, 0.05) is 24.3 Å². The number of benzene rings is 2. The van der Waals surface area contributed by atoms with Crippen LogP contribution in [0.5, 0.6) is 0 Å². The molecule has 1 fully saturated rings. The van der Waals surface area contributed by atoms with Crippen molar-refractivity contribution in [1.82, 2.24) is 4.31 Å². The second kappa shape index (κ2) is 8.45. The molecule has 150 valence electrons. The average molecular weight is 401 g/mol. The number of amides is 1. The van der Waals surface area contributed by atoms with Crippen LogP contribution in [-0.4, -0.2) is 31.7 Å². The summed E-state index contributed by atoms with van der Waals surface area (Å²) in [6.07, 6.45) is 3.94. The zero-order valence-electron chi connectivity index (χ0n) is 16.8. The Hall–Kier alpha value is -2.18. The SMILES string of the molecule is Cc1cc(C)c(NC(=O)c2ccc(S(=O)(=O)N3CCCCCC3)cc2)c(C)c1. The van der Waals surface area contributed by atoms with Crippen molar-refractivity contribution in [1.29, 1.82) is 0 Å². The number of rotatable bonds is 4. The fraction of sp³-hybridized carbons (Fsp3) is 0.409. The minimum absolute atomic E-state index is 0.242. The van der Waals surface area contributed by atoms with Gasteiger partial charge < -0.3 is 5.32 Å². The van der Waals surface area contributed by atoms with E-state index < -0.39 is 10.0 Å². The first-order valence-corrected chi connectivity index (χ1v) is 11.2. The summed E-state index contributed by atoms with van der Waals surface area (Å²) in [7, 11) is -3.50. The third kappa shape index (κ3) is 4.45. The van der Waals surface area contributed by atoms with Gasteiger partial charge in [-0.3, -0.25) is 4.79 Å². The molecule has 1 heterocycles. The normalized spacial score (nSPS) is 15.8. The van der Waals surface area contributed by atoms with E-state index in [0.29, 0.717) is 18.7 Å². The van der Waals surface area contributed by atoms with Gasteiger partial charge in [0.15, 0.2) is 0 Å². The molecule has 0 aromatic heterocycles. The van der Waals surface area contributed by atoms with E-state index in [2.05, 4.69) is 5.32 Å². The highest BCUT2D eigenvalue weighted by Crippen LogP contribution is 2.24. The molecule has 0 bridgehead atoms. The van der Waals surface area contributed by atoms with Crippen molar-refractivity contribution >= 4 is 21.6 Å². The Bertz CT molecular complexity index is 935. The number of hydrogen-bond acceptors (Lipinski definition) is 3. The molecule has 1 amide bonds. The topological polar surface area (TPSA) is 66.5 Å². The van der Waals surface area contributed by atoms with Gasteiger partial charge >= 0.3 is 0 Å². The molecule has 5 nitrogen and oxygen atoms in total. The molecule has 2 aromatic carbocycles.